The first-order chi connectivity index (χ1) is 24.8. The number of pyridine rings is 1. The summed E-state index contributed by atoms with van der Waals surface area (Å²) in [5.41, 5.74) is 10.8. The van der Waals surface area contributed by atoms with Gasteiger partial charge in [-0.3, -0.25) is 4.98 Å². The van der Waals surface area contributed by atoms with Crippen LogP contribution in [0.5, 0.6) is 0 Å². The Hall–Kier alpha value is -6.57. The van der Waals surface area contributed by atoms with Crippen molar-refractivity contribution in [3.63, 3.8) is 0 Å². The lowest BCUT2D eigenvalue weighted by molar-refractivity contribution is 1.45. The molecular formula is C49H31N. The van der Waals surface area contributed by atoms with E-state index in [1.54, 1.807) is 0 Å². The van der Waals surface area contributed by atoms with Crippen LogP contribution in [-0.4, -0.2) is 4.98 Å². The number of benzene rings is 9. The molecule has 10 rings (SSSR count). The van der Waals surface area contributed by atoms with Gasteiger partial charge in [0.15, 0.2) is 0 Å². The Morgan fingerprint density at radius 3 is 1.18 bits per heavy atom. The molecule has 0 radical (unpaired) electrons. The van der Waals surface area contributed by atoms with Crippen LogP contribution in [-0.2, 0) is 0 Å². The van der Waals surface area contributed by atoms with E-state index in [-0.39, 0.29) is 0 Å². The Morgan fingerprint density at radius 2 is 0.640 bits per heavy atom. The van der Waals surface area contributed by atoms with Crippen LogP contribution in [0.3, 0.4) is 0 Å². The molecular weight excluding hydrogens is 603 g/mol. The molecule has 0 saturated heterocycles. The summed E-state index contributed by atoms with van der Waals surface area (Å²) < 4.78 is 0. The summed E-state index contributed by atoms with van der Waals surface area (Å²) in [7, 11) is 0. The molecule has 0 fully saturated rings. The van der Waals surface area contributed by atoms with Gasteiger partial charge in [0.25, 0.3) is 0 Å². The Bertz CT molecular complexity index is 2910. The number of fused-ring (bicyclic) bond motifs is 6. The first-order valence-corrected chi connectivity index (χ1v) is 17.2. The molecule has 50 heavy (non-hydrogen) atoms. The second-order valence-electron chi connectivity index (χ2n) is 13.0. The monoisotopic (exact) mass is 633 g/mol. The van der Waals surface area contributed by atoms with Gasteiger partial charge in [0, 0.05) is 22.4 Å². The molecule has 232 valence electrons. The fourth-order valence-electron chi connectivity index (χ4n) is 8.14. The van der Waals surface area contributed by atoms with Crippen LogP contribution in [0.25, 0.3) is 98.5 Å². The fourth-order valence-corrected chi connectivity index (χ4v) is 8.14. The number of nitrogens with zero attached hydrogens (tertiary/aromatic N) is 1. The van der Waals surface area contributed by atoms with Crippen LogP contribution in [0, 0.1) is 0 Å². The molecule has 0 aliphatic heterocycles. The van der Waals surface area contributed by atoms with Crippen molar-refractivity contribution in [2.24, 2.45) is 0 Å². The van der Waals surface area contributed by atoms with Crippen molar-refractivity contribution in [2.45, 2.75) is 0 Å². The van der Waals surface area contributed by atoms with Crippen molar-refractivity contribution in [1.82, 2.24) is 4.98 Å². The summed E-state index contributed by atoms with van der Waals surface area (Å²) in [5.74, 6) is 0. The van der Waals surface area contributed by atoms with Gasteiger partial charge in [-0.25, -0.2) is 0 Å². The summed E-state index contributed by atoms with van der Waals surface area (Å²) in [5, 5.41) is 11.0. The van der Waals surface area contributed by atoms with Gasteiger partial charge < -0.3 is 0 Å². The lowest BCUT2D eigenvalue weighted by atomic mass is 9.82. The smallest absolute Gasteiger partial charge is 0.0708 e. The molecule has 0 unspecified atom stereocenters. The first kappa shape index (κ1) is 28.4. The van der Waals surface area contributed by atoms with Gasteiger partial charge in [0.1, 0.15) is 0 Å². The topological polar surface area (TPSA) is 12.9 Å². The van der Waals surface area contributed by atoms with E-state index in [0.717, 1.165) is 16.3 Å². The second kappa shape index (κ2) is 11.5. The molecule has 0 saturated carbocycles. The van der Waals surface area contributed by atoms with Crippen LogP contribution in [0.1, 0.15) is 0 Å². The highest BCUT2D eigenvalue weighted by molar-refractivity contribution is 6.30. The third-order valence-electron chi connectivity index (χ3n) is 10.3. The lowest BCUT2D eigenvalue weighted by Crippen LogP contribution is -1.95. The second-order valence-corrected chi connectivity index (χ2v) is 13.0. The molecule has 0 atom stereocenters. The number of rotatable bonds is 4. The quantitative estimate of drug-likeness (QED) is 0.139. The van der Waals surface area contributed by atoms with Crippen molar-refractivity contribution >= 4 is 54.0 Å². The summed E-state index contributed by atoms with van der Waals surface area (Å²) in [4.78, 5) is 5.10. The van der Waals surface area contributed by atoms with E-state index in [0.29, 0.717) is 0 Å². The van der Waals surface area contributed by atoms with Gasteiger partial charge in [-0.15, -0.1) is 0 Å². The highest BCUT2D eigenvalue weighted by Gasteiger charge is 2.22. The van der Waals surface area contributed by atoms with Crippen molar-refractivity contribution in [1.29, 1.82) is 0 Å². The molecule has 0 aliphatic rings. The van der Waals surface area contributed by atoms with Crippen molar-refractivity contribution < 1.29 is 0 Å². The zero-order chi connectivity index (χ0) is 33.0. The largest absolute Gasteiger partial charge is 0.256 e. The Morgan fingerprint density at radius 1 is 0.260 bits per heavy atom. The van der Waals surface area contributed by atoms with E-state index in [2.05, 4.69) is 188 Å². The Kier molecular flexibility index (Phi) is 6.57. The number of para-hydroxylation sites is 1. The number of hydrogen-bond acceptors (Lipinski definition) is 1. The van der Waals surface area contributed by atoms with Crippen LogP contribution in [0.4, 0.5) is 0 Å². The summed E-state index contributed by atoms with van der Waals surface area (Å²) in [6.45, 7) is 0. The van der Waals surface area contributed by atoms with Crippen LogP contribution in [0.2, 0.25) is 0 Å². The molecule has 1 nitrogen and oxygen atoms in total. The van der Waals surface area contributed by atoms with Crippen molar-refractivity contribution in [3.8, 4) is 44.5 Å². The lowest BCUT2D eigenvalue weighted by Gasteiger charge is -2.21. The minimum absolute atomic E-state index is 0.997. The predicted molar refractivity (Wildman–Crippen MR) is 214 cm³/mol. The highest BCUT2D eigenvalue weighted by atomic mass is 14.7. The van der Waals surface area contributed by atoms with Crippen LogP contribution < -0.4 is 0 Å². The van der Waals surface area contributed by atoms with Gasteiger partial charge in [-0.2, -0.15) is 0 Å². The average molecular weight is 634 g/mol. The third-order valence-corrected chi connectivity index (χ3v) is 10.3. The zero-order valence-corrected chi connectivity index (χ0v) is 27.3. The number of hydrogen-bond donors (Lipinski definition) is 0. The van der Waals surface area contributed by atoms with Crippen molar-refractivity contribution in [3.05, 3.63) is 188 Å². The average Bonchev–Trinajstić information content (AvgIpc) is 3.20. The standard InChI is InChI=1S/C49H31N/c1-3-15-32(16-4-1)34-27-29-42(38-21-9-7-19-36(34)38)47-40-23-11-12-24-41(40)48(49-44-25-13-14-26-46(44)50-31-45(47)49)43-30-28-35(33-17-5-2-6-18-33)37-20-8-10-22-39(37)43/h1-31H. The van der Waals surface area contributed by atoms with Crippen molar-refractivity contribution in [2.75, 3.05) is 0 Å². The zero-order valence-electron chi connectivity index (χ0n) is 27.3. The molecule has 1 heteroatoms. The third kappa shape index (κ3) is 4.37. The number of aromatic nitrogens is 1. The minimum atomic E-state index is 0.997. The van der Waals surface area contributed by atoms with Gasteiger partial charge in [-0.05, 0) is 82.9 Å². The maximum Gasteiger partial charge on any atom is 0.0708 e. The predicted octanol–water partition coefficient (Wildman–Crippen LogP) is 13.5. The molecule has 1 aromatic heterocycles. The molecule has 10 aromatic rings. The molecule has 0 amide bonds. The fraction of sp³-hybridized carbons (Fsp3) is 0. The maximum absolute atomic E-state index is 5.10. The molecule has 9 aromatic carbocycles. The van der Waals surface area contributed by atoms with Gasteiger partial charge in [0.05, 0.1) is 5.52 Å². The van der Waals surface area contributed by atoms with E-state index in [1.165, 1.54) is 82.2 Å². The highest BCUT2D eigenvalue weighted by Crippen LogP contribution is 2.49. The van der Waals surface area contributed by atoms with E-state index in [9.17, 15) is 0 Å². The molecule has 0 N–H and O–H groups in total. The van der Waals surface area contributed by atoms with E-state index >= 15 is 0 Å². The minimum Gasteiger partial charge on any atom is -0.256 e. The van der Waals surface area contributed by atoms with Gasteiger partial charge >= 0.3 is 0 Å². The van der Waals surface area contributed by atoms with Crippen LogP contribution in [0.15, 0.2) is 188 Å². The summed E-state index contributed by atoms with van der Waals surface area (Å²) in [6, 6.07) is 66.0. The van der Waals surface area contributed by atoms with E-state index in [1.807, 2.05) is 0 Å². The summed E-state index contributed by atoms with van der Waals surface area (Å²) >= 11 is 0. The van der Waals surface area contributed by atoms with E-state index < -0.39 is 0 Å². The Balaban J connectivity index is 1.36. The van der Waals surface area contributed by atoms with E-state index in [4.69, 9.17) is 4.98 Å². The van der Waals surface area contributed by atoms with Gasteiger partial charge in [0.2, 0.25) is 0 Å². The molecule has 0 spiro atoms. The van der Waals surface area contributed by atoms with Gasteiger partial charge in [-0.1, -0.05) is 176 Å². The molecule has 0 aliphatic carbocycles. The molecule has 1 heterocycles. The first-order valence-electron chi connectivity index (χ1n) is 17.2. The SMILES string of the molecule is c1ccc(-c2ccc(-c3c4ccccc4c(-c4ccc(-c5ccccc5)c5ccccc45)c4c3cnc3ccccc34)c3ccccc23)cc1. The summed E-state index contributed by atoms with van der Waals surface area (Å²) in [6.07, 6.45) is 2.11. The molecule has 0 bridgehead atoms. The maximum atomic E-state index is 5.10. The normalized spacial score (nSPS) is 11.6. The van der Waals surface area contributed by atoms with Crippen LogP contribution >= 0.6 is 0 Å². The Labute approximate surface area is 290 Å².